The van der Waals surface area contributed by atoms with Crippen LogP contribution in [0.4, 0.5) is 0 Å². The van der Waals surface area contributed by atoms with Gasteiger partial charge in [-0.2, -0.15) is 0 Å². The van der Waals surface area contributed by atoms with Gasteiger partial charge in [0.05, 0.1) is 11.0 Å². The van der Waals surface area contributed by atoms with Crippen molar-refractivity contribution in [3.8, 4) is 0 Å². The van der Waals surface area contributed by atoms with Crippen molar-refractivity contribution < 1.29 is 13.5 Å². The molecule has 1 aromatic rings. The Morgan fingerprint density at radius 3 is 2.65 bits per heavy atom. The Labute approximate surface area is 109 Å². The third kappa shape index (κ3) is 3.28. The molecule has 94 valence electrons. The van der Waals surface area contributed by atoms with E-state index in [0.29, 0.717) is 4.47 Å². The van der Waals surface area contributed by atoms with E-state index in [1.165, 1.54) is 6.07 Å². The molecule has 0 heterocycles. The molecular weight excluding hydrogens is 306 g/mol. The Kier molecular flexibility index (Phi) is 3.87. The number of hydrogen-bond acceptors (Lipinski definition) is 3. The number of aliphatic hydroxyl groups excluding tert-OH is 1. The first-order valence-electron chi connectivity index (χ1n) is 5.43. The van der Waals surface area contributed by atoms with Gasteiger partial charge in [0.2, 0.25) is 10.0 Å². The second-order valence-electron chi connectivity index (χ2n) is 4.19. The summed E-state index contributed by atoms with van der Waals surface area (Å²) in [5, 5.41) is 9.63. The molecule has 0 aromatic heterocycles. The topological polar surface area (TPSA) is 66.4 Å². The van der Waals surface area contributed by atoms with E-state index in [-0.39, 0.29) is 17.4 Å². The van der Waals surface area contributed by atoms with Crippen molar-refractivity contribution in [2.24, 2.45) is 5.92 Å². The van der Waals surface area contributed by atoms with Gasteiger partial charge in [0.1, 0.15) is 0 Å². The van der Waals surface area contributed by atoms with E-state index in [9.17, 15) is 13.5 Å². The number of sulfonamides is 1. The molecule has 0 saturated heterocycles. The highest BCUT2D eigenvalue weighted by atomic mass is 79.9. The van der Waals surface area contributed by atoms with Crippen molar-refractivity contribution in [1.82, 2.24) is 4.72 Å². The van der Waals surface area contributed by atoms with E-state index in [4.69, 9.17) is 0 Å². The molecule has 0 aliphatic heterocycles. The molecule has 1 aliphatic rings. The zero-order valence-electron chi connectivity index (χ0n) is 9.14. The molecule has 1 atom stereocenters. The van der Waals surface area contributed by atoms with Crippen molar-refractivity contribution in [3.63, 3.8) is 0 Å². The van der Waals surface area contributed by atoms with Crippen LogP contribution in [0.2, 0.25) is 0 Å². The van der Waals surface area contributed by atoms with Crippen LogP contribution < -0.4 is 4.72 Å². The molecule has 1 fully saturated rings. The van der Waals surface area contributed by atoms with Crippen LogP contribution in [0, 0.1) is 5.92 Å². The monoisotopic (exact) mass is 319 g/mol. The first-order valence-corrected chi connectivity index (χ1v) is 7.70. The third-order valence-corrected chi connectivity index (χ3v) is 5.21. The van der Waals surface area contributed by atoms with Gasteiger partial charge in [0.25, 0.3) is 0 Å². The van der Waals surface area contributed by atoms with Gasteiger partial charge in [-0.05, 0) is 46.8 Å². The summed E-state index contributed by atoms with van der Waals surface area (Å²) in [6.45, 7) is 0.0777. The van der Waals surface area contributed by atoms with Crippen LogP contribution in [0.3, 0.4) is 0 Å². The molecule has 0 bridgehead atoms. The van der Waals surface area contributed by atoms with Crippen molar-refractivity contribution in [2.45, 2.75) is 23.8 Å². The molecule has 2 N–H and O–H groups in total. The highest BCUT2D eigenvalue weighted by Gasteiger charge is 2.30. The summed E-state index contributed by atoms with van der Waals surface area (Å²) in [6.07, 6.45) is 1.39. The van der Waals surface area contributed by atoms with Crippen LogP contribution >= 0.6 is 15.9 Å². The average Bonchev–Trinajstić information content (AvgIpc) is 3.10. The molecular formula is C11H14BrNO3S. The van der Waals surface area contributed by atoms with Crippen LogP contribution in [0.25, 0.3) is 0 Å². The van der Waals surface area contributed by atoms with Crippen LogP contribution in [0.5, 0.6) is 0 Å². The van der Waals surface area contributed by atoms with Gasteiger partial charge in [-0.15, -0.1) is 0 Å². The molecule has 1 saturated carbocycles. The highest BCUT2D eigenvalue weighted by Crippen LogP contribution is 2.32. The summed E-state index contributed by atoms with van der Waals surface area (Å²) in [4.78, 5) is 0.197. The molecule has 0 radical (unpaired) electrons. The van der Waals surface area contributed by atoms with E-state index < -0.39 is 16.1 Å². The zero-order valence-corrected chi connectivity index (χ0v) is 11.5. The van der Waals surface area contributed by atoms with Gasteiger partial charge >= 0.3 is 0 Å². The smallest absolute Gasteiger partial charge is 0.241 e. The molecule has 1 aromatic carbocycles. The summed E-state index contributed by atoms with van der Waals surface area (Å²) in [6, 6.07) is 6.61. The summed E-state index contributed by atoms with van der Waals surface area (Å²) in [5.74, 6) is 0.261. The van der Waals surface area contributed by atoms with E-state index in [0.717, 1.165) is 12.8 Å². The van der Waals surface area contributed by atoms with E-state index >= 15 is 0 Å². The molecule has 1 aliphatic carbocycles. The normalized spacial score (nSPS) is 18.0. The van der Waals surface area contributed by atoms with Crippen molar-refractivity contribution in [3.05, 3.63) is 28.7 Å². The standard InChI is InChI=1S/C11H14BrNO3S/c12-9-3-1-2-4-11(9)17(15,16)13-7-10(14)8-5-6-8/h1-4,8,10,13-14H,5-7H2. The van der Waals surface area contributed by atoms with Crippen molar-refractivity contribution >= 4 is 26.0 Å². The fourth-order valence-electron chi connectivity index (χ4n) is 1.58. The third-order valence-electron chi connectivity index (χ3n) is 2.77. The van der Waals surface area contributed by atoms with Gasteiger partial charge in [0, 0.05) is 11.0 Å². The quantitative estimate of drug-likeness (QED) is 0.864. The van der Waals surface area contributed by atoms with Gasteiger partial charge < -0.3 is 5.11 Å². The maximum absolute atomic E-state index is 11.9. The highest BCUT2D eigenvalue weighted by molar-refractivity contribution is 9.10. The lowest BCUT2D eigenvalue weighted by atomic mass is 10.2. The van der Waals surface area contributed by atoms with Crippen LogP contribution in [0.1, 0.15) is 12.8 Å². The summed E-state index contributed by atoms with van der Waals surface area (Å²) in [7, 11) is -3.55. The minimum atomic E-state index is -3.55. The molecule has 0 amide bonds. The maximum atomic E-state index is 11.9. The molecule has 0 spiro atoms. The summed E-state index contributed by atoms with van der Waals surface area (Å²) >= 11 is 3.20. The lowest BCUT2D eigenvalue weighted by Gasteiger charge is -2.12. The first kappa shape index (κ1) is 13.0. The summed E-state index contributed by atoms with van der Waals surface area (Å²) in [5.41, 5.74) is 0. The average molecular weight is 320 g/mol. The number of aliphatic hydroxyl groups is 1. The SMILES string of the molecule is O=S(=O)(NCC(O)C1CC1)c1ccccc1Br. The predicted molar refractivity (Wildman–Crippen MR) is 68.1 cm³/mol. The Morgan fingerprint density at radius 2 is 2.06 bits per heavy atom. The second-order valence-corrected chi connectivity index (χ2v) is 6.78. The van der Waals surface area contributed by atoms with E-state index in [1.54, 1.807) is 18.2 Å². The van der Waals surface area contributed by atoms with Gasteiger partial charge in [-0.1, -0.05) is 12.1 Å². The van der Waals surface area contributed by atoms with Crippen molar-refractivity contribution in [2.75, 3.05) is 6.54 Å². The van der Waals surface area contributed by atoms with Crippen LogP contribution in [-0.4, -0.2) is 26.2 Å². The van der Waals surface area contributed by atoms with Gasteiger partial charge in [-0.25, -0.2) is 13.1 Å². The number of rotatable bonds is 5. The maximum Gasteiger partial charge on any atom is 0.241 e. The molecule has 4 nitrogen and oxygen atoms in total. The Morgan fingerprint density at radius 1 is 1.41 bits per heavy atom. The minimum absolute atomic E-state index is 0.0777. The number of benzene rings is 1. The zero-order chi connectivity index (χ0) is 12.5. The predicted octanol–water partition coefficient (Wildman–Crippen LogP) is 1.50. The lowest BCUT2D eigenvalue weighted by molar-refractivity contribution is 0.155. The van der Waals surface area contributed by atoms with Crippen molar-refractivity contribution in [1.29, 1.82) is 0 Å². The summed E-state index contributed by atoms with van der Waals surface area (Å²) < 4.78 is 26.8. The molecule has 17 heavy (non-hydrogen) atoms. The Bertz CT molecular complexity index is 499. The van der Waals surface area contributed by atoms with Crippen LogP contribution in [0.15, 0.2) is 33.6 Å². The Balaban J connectivity index is 2.05. The number of halogens is 1. The molecule has 6 heteroatoms. The molecule has 1 unspecified atom stereocenters. The van der Waals surface area contributed by atoms with Crippen LogP contribution in [-0.2, 0) is 10.0 Å². The molecule has 2 rings (SSSR count). The Hall–Kier alpha value is -0.430. The second kappa shape index (κ2) is 5.06. The number of nitrogens with one attached hydrogen (secondary N) is 1. The minimum Gasteiger partial charge on any atom is -0.391 e. The fraction of sp³-hybridized carbons (Fsp3) is 0.455. The first-order chi connectivity index (χ1) is 8.00. The van der Waals surface area contributed by atoms with Gasteiger partial charge in [0.15, 0.2) is 0 Å². The van der Waals surface area contributed by atoms with E-state index in [2.05, 4.69) is 20.7 Å². The van der Waals surface area contributed by atoms with E-state index in [1.807, 2.05) is 0 Å². The lowest BCUT2D eigenvalue weighted by Crippen LogP contribution is -2.33. The van der Waals surface area contributed by atoms with Gasteiger partial charge in [-0.3, -0.25) is 0 Å². The fourth-order valence-corrected chi connectivity index (χ4v) is 3.64. The number of hydrogen-bond donors (Lipinski definition) is 2. The largest absolute Gasteiger partial charge is 0.391 e.